The van der Waals surface area contributed by atoms with Crippen LogP contribution in [0.2, 0.25) is 0 Å². The summed E-state index contributed by atoms with van der Waals surface area (Å²) >= 11 is 0. The quantitative estimate of drug-likeness (QED) is 0.364. The minimum absolute atomic E-state index is 0.0611. The van der Waals surface area contributed by atoms with Gasteiger partial charge in [-0.3, -0.25) is 9.59 Å². The molecule has 0 spiro atoms. The summed E-state index contributed by atoms with van der Waals surface area (Å²) in [5.74, 6) is -0.599. The first-order valence-corrected chi connectivity index (χ1v) is 10.8. The molecule has 1 aromatic heterocycles. The second kappa shape index (κ2) is 10.9. The van der Waals surface area contributed by atoms with Gasteiger partial charge in [0.1, 0.15) is 12.3 Å². The minimum Gasteiger partial charge on any atom is -0.493 e. The van der Waals surface area contributed by atoms with Gasteiger partial charge >= 0.3 is 0 Å². The molecule has 0 aliphatic carbocycles. The highest BCUT2D eigenvalue weighted by atomic mass is 16.5. The summed E-state index contributed by atoms with van der Waals surface area (Å²) < 4.78 is 7.09. The smallest absolute Gasteiger partial charge is 0.283 e. The molecule has 0 aliphatic heterocycles. The third-order valence-corrected chi connectivity index (χ3v) is 5.20. The van der Waals surface area contributed by atoms with Crippen LogP contribution in [0.25, 0.3) is 10.9 Å². The van der Waals surface area contributed by atoms with Gasteiger partial charge in [-0.2, -0.15) is 0 Å². The lowest BCUT2D eigenvalue weighted by Gasteiger charge is -2.07. The lowest BCUT2D eigenvalue weighted by atomic mass is 10.1. The van der Waals surface area contributed by atoms with E-state index >= 15 is 0 Å². The molecule has 0 saturated heterocycles. The van der Waals surface area contributed by atoms with Crippen molar-refractivity contribution in [3.8, 4) is 11.6 Å². The highest BCUT2D eigenvalue weighted by Crippen LogP contribution is 2.38. The summed E-state index contributed by atoms with van der Waals surface area (Å²) in [5, 5.41) is 21.6. The van der Waals surface area contributed by atoms with Crippen molar-refractivity contribution in [3.63, 3.8) is 0 Å². The van der Waals surface area contributed by atoms with E-state index in [1.165, 1.54) is 0 Å². The van der Waals surface area contributed by atoms with Gasteiger partial charge in [-0.05, 0) is 30.2 Å². The fourth-order valence-electron chi connectivity index (χ4n) is 3.51. The third-order valence-electron chi connectivity index (χ3n) is 5.20. The Kier molecular flexibility index (Phi) is 7.29. The first kappa shape index (κ1) is 22.7. The Bertz CT molecular complexity index is 1300. The number of hydrogen-bond acceptors (Lipinski definition) is 5. The first-order valence-electron chi connectivity index (χ1n) is 10.8. The molecule has 34 heavy (non-hydrogen) atoms. The van der Waals surface area contributed by atoms with Gasteiger partial charge in [0, 0.05) is 11.9 Å². The van der Waals surface area contributed by atoms with Crippen molar-refractivity contribution in [1.29, 1.82) is 0 Å². The molecule has 0 atom stereocenters. The number of para-hydroxylation sites is 2. The van der Waals surface area contributed by atoms with Crippen molar-refractivity contribution in [2.24, 2.45) is 10.2 Å². The van der Waals surface area contributed by atoms with Crippen LogP contribution in [0.15, 0.2) is 95.2 Å². The molecule has 0 unspecified atom stereocenters. The van der Waals surface area contributed by atoms with Crippen LogP contribution in [0.3, 0.4) is 0 Å². The highest BCUT2D eigenvalue weighted by molar-refractivity contribution is 5.95. The summed E-state index contributed by atoms with van der Waals surface area (Å²) in [4.78, 5) is 24.1. The van der Waals surface area contributed by atoms with Crippen LogP contribution < -0.4 is 10.1 Å². The average molecular weight is 457 g/mol. The Hall–Kier alpha value is -4.46. The molecule has 0 fully saturated rings. The summed E-state index contributed by atoms with van der Waals surface area (Å²) in [6, 6.07) is 26.3. The number of fused-ring (bicyclic) bond motifs is 1. The molecule has 2 N–H and O–H groups in total. The zero-order valence-electron chi connectivity index (χ0n) is 18.4. The average Bonchev–Trinajstić information content (AvgIpc) is 3.15. The molecule has 3 aromatic carbocycles. The number of carbonyl (C=O) groups excluding carboxylic acids is 2. The molecule has 4 rings (SSSR count). The van der Waals surface area contributed by atoms with Crippen molar-refractivity contribution in [3.05, 3.63) is 90.5 Å². The number of amides is 2. The molecule has 0 saturated carbocycles. The number of hydrogen-bond donors (Lipinski definition) is 2. The summed E-state index contributed by atoms with van der Waals surface area (Å²) in [6.07, 6.45) is 0.722. The van der Waals surface area contributed by atoms with Gasteiger partial charge in [-0.25, -0.2) is 0 Å². The van der Waals surface area contributed by atoms with E-state index in [1.54, 1.807) is 28.8 Å². The molecule has 4 aromatic rings. The Morgan fingerprint density at radius 3 is 2.35 bits per heavy atom. The maximum absolute atomic E-state index is 12.2. The number of azo groups is 1. The lowest BCUT2D eigenvalue weighted by molar-refractivity contribution is -0.126. The number of benzene rings is 3. The second-order valence-corrected chi connectivity index (χ2v) is 7.55. The van der Waals surface area contributed by atoms with Crippen molar-refractivity contribution >= 4 is 28.4 Å². The highest BCUT2D eigenvalue weighted by Gasteiger charge is 2.17. The monoisotopic (exact) mass is 456 g/mol. The number of aryl methyl sites for hydroxylation is 2. The second-order valence-electron chi connectivity index (χ2n) is 7.55. The summed E-state index contributed by atoms with van der Waals surface area (Å²) in [7, 11) is 0. The molecule has 1 heterocycles. The fraction of sp³-hybridized carbons (Fsp3) is 0.154. The van der Waals surface area contributed by atoms with E-state index in [4.69, 9.17) is 4.74 Å². The molecule has 8 heteroatoms. The van der Waals surface area contributed by atoms with E-state index in [0.29, 0.717) is 17.7 Å². The number of nitrogens with zero attached hydrogens (tertiary/aromatic N) is 3. The Morgan fingerprint density at radius 1 is 0.912 bits per heavy atom. The largest absolute Gasteiger partial charge is 0.493 e. The Labute approximate surface area is 196 Å². The zero-order chi connectivity index (χ0) is 23.8. The van der Waals surface area contributed by atoms with E-state index in [0.717, 1.165) is 17.5 Å². The number of rotatable bonds is 9. The van der Waals surface area contributed by atoms with E-state index < -0.39 is 11.8 Å². The Morgan fingerprint density at radius 2 is 1.59 bits per heavy atom. The van der Waals surface area contributed by atoms with Crippen molar-refractivity contribution in [2.45, 2.75) is 13.0 Å². The van der Waals surface area contributed by atoms with E-state index in [1.807, 2.05) is 60.7 Å². The molecule has 0 radical (unpaired) electrons. The van der Waals surface area contributed by atoms with Gasteiger partial charge in [0.05, 0.1) is 5.52 Å². The molecule has 0 bridgehead atoms. The predicted octanol–water partition coefficient (Wildman–Crippen LogP) is 4.40. The molecule has 2 amide bonds. The van der Waals surface area contributed by atoms with Crippen LogP contribution >= 0.6 is 0 Å². The van der Waals surface area contributed by atoms with E-state index in [-0.39, 0.29) is 24.7 Å². The number of carbonyl (C=O) groups is 2. The Balaban J connectivity index is 1.39. The molecular formula is C26H24N4O4. The van der Waals surface area contributed by atoms with Crippen LogP contribution in [0, 0.1) is 0 Å². The molecule has 0 aliphatic rings. The number of nitrogens with one attached hydrogen (secondary N) is 1. The predicted molar refractivity (Wildman–Crippen MR) is 128 cm³/mol. The topological polar surface area (TPSA) is 105 Å². The van der Waals surface area contributed by atoms with Crippen molar-refractivity contribution < 1.29 is 19.4 Å². The van der Waals surface area contributed by atoms with Gasteiger partial charge in [-0.1, -0.05) is 66.7 Å². The van der Waals surface area contributed by atoms with Gasteiger partial charge in [0.15, 0.2) is 12.3 Å². The van der Waals surface area contributed by atoms with Crippen LogP contribution in [-0.2, 0) is 22.6 Å². The van der Waals surface area contributed by atoms with E-state index in [9.17, 15) is 14.7 Å². The van der Waals surface area contributed by atoms with Crippen molar-refractivity contribution in [2.75, 3.05) is 13.2 Å². The minimum atomic E-state index is -0.645. The van der Waals surface area contributed by atoms with Crippen LogP contribution in [0.5, 0.6) is 11.6 Å². The standard InChI is InChI=1S/C26H24N4O4/c31-23(17-27-24(32)18-34-20-11-5-2-6-12-20)28-29-25-21-13-7-8-14-22(21)30(26(25)33)16-15-19-9-3-1-4-10-19/h1-14,33H,15-18H2,(H,27,32). The fourth-order valence-corrected chi connectivity index (χ4v) is 3.51. The number of ether oxygens (including phenoxy) is 1. The van der Waals surface area contributed by atoms with Crippen LogP contribution in [-0.4, -0.2) is 34.6 Å². The molecule has 172 valence electrons. The molecule has 8 nitrogen and oxygen atoms in total. The van der Waals surface area contributed by atoms with Gasteiger partial charge in [-0.15, -0.1) is 10.2 Å². The first-order chi connectivity index (χ1) is 16.6. The SMILES string of the molecule is O=C(CNC(=O)COc1ccccc1)N=Nc1c(O)n(CCc2ccccc2)c2ccccc12. The number of aromatic hydroxyl groups is 1. The maximum Gasteiger partial charge on any atom is 0.283 e. The molecular weight excluding hydrogens is 432 g/mol. The van der Waals surface area contributed by atoms with Gasteiger partial charge in [0.2, 0.25) is 5.88 Å². The van der Waals surface area contributed by atoms with Crippen molar-refractivity contribution in [1.82, 2.24) is 9.88 Å². The number of aromatic nitrogens is 1. The van der Waals surface area contributed by atoms with Gasteiger partial charge < -0.3 is 19.7 Å². The summed E-state index contributed by atoms with van der Waals surface area (Å²) in [5.41, 5.74) is 2.16. The maximum atomic E-state index is 12.2. The lowest BCUT2D eigenvalue weighted by Crippen LogP contribution is -2.32. The van der Waals surface area contributed by atoms with Crippen LogP contribution in [0.1, 0.15) is 5.56 Å². The third kappa shape index (κ3) is 5.66. The zero-order valence-corrected chi connectivity index (χ0v) is 18.4. The van der Waals surface area contributed by atoms with Gasteiger partial charge in [0.25, 0.3) is 11.8 Å². The van der Waals surface area contributed by atoms with E-state index in [2.05, 4.69) is 15.5 Å². The summed E-state index contributed by atoms with van der Waals surface area (Å²) in [6.45, 7) is -0.00464. The normalized spacial score (nSPS) is 11.1. The van der Waals surface area contributed by atoms with Crippen LogP contribution in [0.4, 0.5) is 5.69 Å².